The van der Waals surface area contributed by atoms with Gasteiger partial charge in [-0.25, -0.2) is 4.79 Å². The lowest BCUT2D eigenvalue weighted by atomic mass is 10.1. The first kappa shape index (κ1) is 14.0. The molecule has 0 radical (unpaired) electrons. The Morgan fingerprint density at radius 3 is 2.44 bits per heavy atom. The fraction of sp³-hybridized carbons (Fsp3) is 0.385. The van der Waals surface area contributed by atoms with Gasteiger partial charge < -0.3 is 14.7 Å². The van der Waals surface area contributed by atoms with Crippen molar-refractivity contribution in [1.82, 2.24) is 0 Å². The summed E-state index contributed by atoms with van der Waals surface area (Å²) in [5.41, 5.74) is 1.43. The second-order valence-electron chi connectivity index (χ2n) is 3.52. The van der Waals surface area contributed by atoms with Gasteiger partial charge in [-0.15, -0.1) is 0 Å². The van der Waals surface area contributed by atoms with Gasteiger partial charge in [0, 0.05) is 0 Å². The molecular formula is C13H17NO4. The lowest BCUT2D eigenvalue weighted by Gasteiger charge is -2.07. The van der Waals surface area contributed by atoms with Crippen LogP contribution in [0.4, 0.5) is 0 Å². The second-order valence-corrected chi connectivity index (χ2v) is 3.52. The predicted molar refractivity (Wildman–Crippen MR) is 67.2 cm³/mol. The molecule has 0 aliphatic heterocycles. The first-order valence-corrected chi connectivity index (χ1v) is 5.81. The summed E-state index contributed by atoms with van der Waals surface area (Å²) in [5.74, 6) is 0.174. The lowest BCUT2D eigenvalue weighted by Crippen LogP contribution is -2.14. The maximum absolute atomic E-state index is 11.1. The molecule has 0 amide bonds. The van der Waals surface area contributed by atoms with E-state index in [-0.39, 0.29) is 6.61 Å². The smallest absolute Gasteiger partial charge is 0.344 e. The zero-order valence-electron chi connectivity index (χ0n) is 10.5. The third kappa shape index (κ3) is 4.08. The molecule has 0 bridgehead atoms. The highest BCUT2D eigenvalue weighted by molar-refractivity contribution is 6.00. The standard InChI is InChI=1S/C13H17NO4/c1-3-12(14-16)10-5-7-11(8-6-10)18-9-13(15)17-4-2/h5-8,16H,3-4,9H2,1-2H3. The quantitative estimate of drug-likeness (QED) is 0.364. The normalized spacial score (nSPS) is 11.1. The highest BCUT2D eigenvalue weighted by Crippen LogP contribution is 2.13. The van der Waals surface area contributed by atoms with Crippen LogP contribution in [0.15, 0.2) is 29.4 Å². The Labute approximate surface area is 106 Å². The number of carbonyl (C=O) groups excluding carboxylic acids is 1. The lowest BCUT2D eigenvalue weighted by molar-refractivity contribution is -0.145. The molecular weight excluding hydrogens is 234 g/mol. The number of ether oxygens (including phenoxy) is 2. The van der Waals surface area contributed by atoms with Crippen LogP contribution in [0.5, 0.6) is 5.75 Å². The molecule has 5 nitrogen and oxygen atoms in total. The van der Waals surface area contributed by atoms with Gasteiger partial charge in [-0.1, -0.05) is 12.1 Å². The van der Waals surface area contributed by atoms with E-state index in [9.17, 15) is 4.79 Å². The molecule has 0 spiro atoms. The minimum atomic E-state index is -0.396. The van der Waals surface area contributed by atoms with Crippen LogP contribution in [0, 0.1) is 0 Å². The van der Waals surface area contributed by atoms with E-state index in [2.05, 4.69) is 5.16 Å². The largest absolute Gasteiger partial charge is 0.482 e. The van der Waals surface area contributed by atoms with Crippen molar-refractivity contribution < 1.29 is 19.5 Å². The van der Waals surface area contributed by atoms with Gasteiger partial charge in [0.05, 0.1) is 12.3 Å². The van der Waals surface area contributed by atoms with E-state index < -0.39 is 5.97 Å². The minimum absolute atomic E-state index is 0.109. The van der Waals surface area contributed by atoms with E-state index >= 15 is 0 Å². The molecule has 1 aromatic carbocycles. The van der Waals surface area contributed by atoms with Crippen molar-refractivity contribution in [3.8, 4) is 5.75 Å². The molecule has 5 heteroatoms. The molecule has 1 aromatic rings. The SMILES string of the molecule is CCOC(=O)COc1ccc(C(CC)=NO)cc1. The van der Waals surface area contributed by atoms with Crippen molar-refractivity contribution in [2.75, 3.05) is 13.2 Å². The van der Waals surface area contributed by atoms with Crippen LogP contribution >= 0.6 is 0 Å². The minimum Gasteiger partial charge on any atom is -0.482 e. The summed E-state index contributed by atoms with van der Waals surface area (Å²) in [7, 11) is 0. The summed E-state index contributed by atoms with van der Waals surface area (Å²) in [6.45, 7) is 3.88. The van der Waals surface area contributed by atoms with E-state index in [1.54, 1.807) is 31.2 Å². The predicted octanol–water partition coefficient (Wildman–Crippen LogP) is 2.22. The highest BCUT2D eigenvalue weighted by atomic mass is 16.6. The average molecular weight is 251 g/mol. The van der Waals surface area contributed by atoms with E-state index in [1.165, 1.54) is 0 Å². The number of rotatable bonds is 6. The van der Waals surface area contributed by atoms with Crippen molar-refractivity contribution in [3.63, 3.8) is 0 Å². The molecule has 0 aliphatic carbocycles. The summed E-state index contributed by atoms with van der Waals surface area (Å²) in [4.78, 5) is 11.1. The molecule has 0 heterocycles. The summed E-state index contributed by atoms with van der Waals surface area (Å²) in [6.07, 6.45) is 0.638. The van der Waals surface area contributed by atoms with Crippen molar-refractivity contribution in [3.05, 3.63) is 29.8 Å². The molecule has 0 aliphatic rings. The van der Waals surface area contributed by atoms with Gasteiger partial charge in [-0.2, -0.15) is 0 Å². The number of nitrogens with zero attached hydrogens (tertiary/aromatic N) is 1. The van der Waals surface area contributed by atoms with Gasteiger partial charge in [-0.3, -0.25) is 0 Å². The number of hydrogen-bond acceptors (Lipinski definition) is 5. The van der Waals surface area contributed by atoms with Crippen molar-refractivity contribution in [2.45, 2.75) is 20.3 Å². The molecule has 0 aromatic heterocycles. The molecule has 98 valence electrons. The van der Waals surface area contributed by atoms with Crippen molar-refractivity contribution in [2.24, 2.45) is 5.16 Å². The zero-order valence-corrected chi connectivity index (χ0v) is 10.5. The second kappa shape index (κ2) is 7.32. The van der Waals surface area contributed by atoms with Gasteiger partial charge in [-0.05, 0) is 43.2 Å². The summed E-state index contributed by atoms with van der Waals surface area (Å²) in [6, 6.07) is 6.99. The third-order valence-electron chi connectivity index (χ3n) is 2.31. The first-order valence-electron chi connectivity index (χ1n) is 5.81. The monoisotopic (exact) mass is 251 g/mol. The zero-order chi connectivity index (χ0) is 13.4. The fourth-order valence-corrected chi connectivity index (χ4v) is 1.42. The molecule has 0 atom stereocenters. The number of carbonyl (C=O) groups is 1. The summed E-state index contributed by atoms with van der Waals surface area (Å²) in [5, 5.41) is 12.0. The summed E-state index contributed by atoms with van der Waals surface area (Å²) >= 11 is 0. The average Bonchev–Trinajstić information content (AvgIpc) is 2.39. The van der Waals surface area contributed by atoms with E-state index in [0.29, 0.717) is 24.5 Å². The van der Waals surface area contributed by atoms with Crippen LogP contribution in [0.1, 0.15) is 25.8 Å². The highest BCUT2D eigenvalue weighted by Gasteiger charge is 2.05. The topological polar surface area (TPSA) is 68.1 Å². The van der Waals surface area contributed by atoms with E-state index in [0.717, 1.165) is 5.56 Å². The Morgan fingerprint density at radius 2 is 1.94 bits per heavy atom. The molecule has 0 saturated carbocycles. The van der Waals surface area contributed by atoms with Gasteiger partial charge in [0.15, 0.2) is 6.61 Å². The summed E-state index contributed by atoms with van der Waals surface area (Å²) < 4.78 is 9.99. The molecule has 18 heavy (non-hydrogen) atoms. The maximum atomic E-state index is 11.1. The van der Waals surface area contributed by atoms with Crippen LogP contribution in [0.3, 0.4) is 0 Å². The number of esters is 1. The van der Waals surface area contributed by atoms with Crippen molar-refractivity contribution in [1.29, 1.82) is 0 Å². The van der Waals surface area contributed by atoms with E-state index in [1.807, 2.05) is 6.92 Å². The third-order valence-corrected chi connectivity index (χ3v) is 2.31. The van der Waals surface area contributed by atoms with Crippen LogP contribution in [-0.4, -0.2) is 30.1 Å². The number of oxime groups is 1. The van der Waals surface area contributed by atoms with Gasteiger partial charge in [0.1, 0.15) is 5.75 Å². The fourth-order valence-electron chi connectivity index (χ4n) is 1.42. The number of hydrogen-bond donors (Lipinski definition) is 1. The Bertz CT molecular complexity index is 412. The van der Waals surface area contributed by atoms with Crippen LogP contribution in [0.25, 0.3) is 0 Å². The molecule has 0 saturated heterocycles. The Hall–Kier alpha value is -2.04. The molecule has 1 rings (SSSR count). The van der Waals surface area contributed by atoms with Crippen LogP contribution < -0.4 is 4.74 Å². The van der Waals surface area contributed by atoms with Crippen LogP contribution in [-0.2, 0) is 9.53 Å². The maximum Gasteiger partial charge on any atom is 0.344 e. The van der Waals surface area contributed by atoms with Crippen LogP contribution in [0.2, 0.25) is 0 Å². The van der Waals surface area contributed by atoms with Gasteiger partial charge in [0.25, 0.3) is 0 Å². The van der Waals surface area contributed by atoms with Crippen molar-refractivity contribution >= 4 is 11.7 Å². The van der Waals surface area contributed by atoms with Gasteiger partial charge >= 0.3 is 5.97 Å². The Kier molecular flexibility index (Phi) is 5.70. The molecule has 0 unspecified atom stereocenters. The number of benzene rings is 1. The first-order chi connectivity index (χ1) is 8.71. The van der Waals surface area contributed by atoms with E-state index in [4.69, 9.17) is 14.7 Å². The Morgan fingerprint density at radius 1 is 1.28 bits per heavy atom. The Balaban J connectivity index is 2.58. The molecule has 0 fully saturated rings. The molecule has 1 N–H and O–H groups in total. The van der Waals surface area contributed by atoms with Gasteiger partial charge in [0.2, 0.25) is 0 Å².